The van der Waals surface area contributed by atoms with Gasteiger partial charge in [-0.05, 0) is 37.1 Å². The lowest BCUT2D eigenvalue weighted by atomic mass is 10.2. The number of aromatic nitrogens is 1. The van der Waals surface area contributed by atoms with E-state index in [0.717, 1.165) is 5.56 Å². The number of rotatable bonds is 1. The third kappa shape index (κ3) is 1.76. The van der Waals surface area contributed by atoms with E-state index in [-0.39, 0.29) is 5.69 Å². The Morgan fingerprint density at radius 3 is 2.50 bits per heavy atom. The quantitative estimate of drug-likeness (QED) is 0.658. The van der Waals surface area contributed by atoms with Crippen LogP contribution in [0.4, 0.5) is 0 Å². The summed E-state index contributed by atoms with van der Waals surface area (Å²) in [6.45, 7) is 3.54. The van der Waals surface area contributed by atoms with Crippen molar-refractivity contribution in [2.75, 3.05) is 0 Å². The van der Waals surface area contributed by atoms with Crippen molar-refractivity contribution in [2.45, 2.75) is 13.8 Å². The summed E-state index contributed by atoms with van der Waals surface area (Å²) in [5.74, 6) is 0. The molecule has 0 atom stereocenters. The molecule has 64 valence electrons. The highest BCUT2D eigenvalue weighted by atomic mass is 35.5. The molecule has 4 heteroatoms. The highest BCUT2D eigenvalue weighted by Gasteiger charge is 2.08. The average Bonchev–Trinajstić information content (AvgIpc) is 1.99. The first-order valence-electron chi connectivity index (χ1n) is 3.36. The maximum Gasteiger partial charge on any atom is 0.270 e. The molecule has 0 aliphatic heterocycles. The molecular formula is C8H7Cl2NO. The molecule has 0 aliphatic carbocycles. The van der Waals surface area contributed by atoms with Gasteiger partial charge in [-0.3, -0.25) is 4.79 Å². The van der Waals surface area contributed by atoms with Gasteiger partial charge in [-0.15, -0.1) is 0 Å². The molecule has 0 fully saturated rings. The molecule has 0 saturated carbocycles. The van der Waals surface area contributed by atoms with E-state index < -0.39 is 5.24 Å². The summed E-state index contributed by atoms with van der Waals surface area (Å²) in [5.41, 5.74) is 1.69. The Bertz CT molecular complexity index is 313. The Labute approximate surface area is 80.5 Å². The SMILES string of the molecule is Cc1cc(C(=O)Cl)nc(C)c1Cl. The standard InChI is InChI=1S/C8H7Cl2NO/c1-4-3-6(8(10)12)11-5(2)7(4)9/h3H,1-2H3. The lowest BCUT2D eigenvalue weighted by Crippen LogP contribution is -1.98. The van der Waals surface area contributed by atoms with Crippen LogP contribution >= 0.6 is 23.2 Å². The lowest BCUT2D eigenvalue weighted by Gasteiger charge is -2.02. The van der Waals surface area contributed by atoms with Gasteiger partial charge in [-0.25, -0.2) is 4.98 Å². The number of carbonyl (C=O) groups excluding carboxylic acids is 1. The zero-order valence-corrected chi connectivity index (χ0v) is 8.20. The van der Waals surface area contributed by atoms with Crippen molar-refractivity contribution in [3.8, 4) is 0 Å². The largest absolute Gasteiger partial charge is 0.274 e. The van der Waals surface area contributed by atoms with Crippen molar-refractivity contribution in [3.05, 3.63) is 28.0 Å². The molecule has 0 aromatic carbocycles. The molecule has 0 bridgehead atoms. The summed E-state index contributed by atoms with van der Waals surface area (Å²) >= 11 is 11.1. The smallest absolute Gasteiger partial charge is 0.270 e. The minimum Gasteiger partial charge on any atom is -0.274 e. The normalized spacial score (nSPS) is 10.0. The first kappa shape index (κ1) is 9.49. The van der Waals surface area contributed by atoms with Crippen molar-refractivity contribution >= 4 is 28.4 Å². The van der Waals surface area contributed by atoms with Gasteiger partial charge in [0.25, 0.3) is 5.24 Å². The fraction of sp³-hybridized carbons (Fsp3) is 0.250. The van der Waals surface area contributed by atoms with Crippen LogP contribution in [-0.4, -0.2) is 10.2 Å². The number of hydrogen-bond acceptors (Lipinski definition) is 2. The molecule has 2 nitrogen and oxygen atoms in total. The molecular weight excluding hydrogens is 197 g/mol. The van der Waals surface area contributed by atoms with Crippen LogP contribution in [0.2, 0.25) is 5.02 Å². The van der Waals surface area contributed by atoms with Crippen LogP contribution in [0, 0.1) is 13.8 Å². The van der Waals surface area contributed by atoms with E-state index in [0.29, 0.717) is 10.7 Å². The molecule has 1 aromatic heterocycles. The molecule has 12 heavy (non-hydrogen) atoms. The third-order valence-electron chi connectivity index (χ3n) is 1.51. The second-order valence-corrected chi connectivity index (χ2v) is 3.22. The Morgan fingerprint density at radius 2 is 2.08 bits per heavy atom. The Morgan fingerprint density at radius 1 is 1.50 bits per heavy atom. The summed E-state index contributed by atoms with van der Waals surface area (Å²) in [6, 6.07) is 1.57. The lowest BCUT2D eigenvalue weighted by molar-refractivity contribution is 0.107. The molecule has 0 radical (unpaired) electrons. The summed E-state index contributed by atoms with van der Waals surface area (Å²) in [5, 5.41) is 0.0227. The Kier molecular flexibility index (Phi) is 2.70. The molecule has 0 amide bonds. The van der Waals surface area contributed by atoms with E-state index >= 15 is 0 Å². The molecule has 0 saturated heterocycles. The maximum absolute atomic E-state index is 10.7. The summed E-state index contributed by atoms with van der Waals surface area (Å²) in [7, 11) is 0. The predicted octanol–water partition coefficient (Wildman–Crippen LogP) is 2.73. The number of hydrogen-bond donors (Lipinski definition) is 0. The van der Waals surface area contributed by atoms with Crippen LogP contribution in [0.5, 0.6) is 0 Å². The number of carbonyl (C=O) groups is 1. The monoisotopic (exact) mass is 203 g/mol. The fourth-order valence-corrected chi connectivity index (χ4v) is 1.11. The molecule has 0 unspecified atom stereocenters. The van der Waals surface area contributed by atoms with Gasteiger partial charge >= 0.3 is 0 Å². The Hall–Kier alpha value is -0.600. The fourth-order valence-electron chi connectivity index (χ4n) is 0.917. The topological polar surface area (TPSA) is 30.0 Å². The van der Waals surface area contributed by atoms with Gasteiger partial charge in [0.15, 0.2) is 0 Å². The van der Waals surface area contributed by atoms with Crippen molar-refractivity contribution in [3.63, 3.8) is 0 Å². The van der Waals surface area contributed by atoms with Crippen molar-refractivity contribution in [2.24, 2.45) is 0 Å². The van der Waals surface area contributed by atoms with Crippen LogP contribution in [0.1, 0.15) is 21.7 Å². The van der Waals surface area contributed by atoms with E-state index in [2.05, 4.69) is 4.98 Å². The minimum atomic E-state index is -0.558. The van der Waals surface area contributed by atoms with Crippen LogP contribution in [0.25, 0.3) is 0 Å². The number of nitrogens with zero attached hydrogens (tertiary/aromatic N) is 1. The minimum absolute atomic E-state index is 0.246. The molecule has 0 aliphatic rings. The second-order valence-electron chi connectivity index (χ2n) is 2.50. The zero-order chi connectivity index (χ0) is 9.30. The van der Waals surface area contributed by atoms with E-state index in [1.807, 2.05) is 0 Å². The predicted molar refractivity (Wildman–Crippen MR) is 48.9 cm³/mol. The van der Waals surface area contributed by atoms with E-state index in [9.17, 15) is 4.79 Å². The van der Waals surface area contributed by atoms with E-state index in [1.54, 1.807) is 19.9 Å². The molecule has 1 heterocycles. The second kappa shape index (κ2) is 3.42. The third-order valence-corrected chi connectivity index (χ3v) is 2.27. The van der Waals surface area contributed by atoms with Crippen molar-refractivity contribution in [1.29, 1.82) is 0 Å². The summed E-state index contributed by atoms with van der Waals surface area (Å²) < 4.78 is 0. The highest BCUT2D eigenvalue weighted by molar-refractivity contribution is 6.67. The first-order chi connectivity index (χ1) is 5.52. The zero-order valence-electron chi connectivity index (χ0n) is 6.69. The van der Waals surface area contributed by atoms with Gasteiger partial charge in [-0.2, -0.15) is 0 Å². The van der Waals surface area contributed by atoms with Crippen molar-refractivity contribution < 1.29 is 4.79 Å². The van der Waals surface area contributed by atoms with Crippen LogP contribution in [-0.2, 0) is 0 Å². The molecule has 0 spiro atoms. The molecule has 1 rings (SSSR count). The van der Waals surface area contributed by atoms with Gasteiger partial charge in [0.2, 0.25) is 0 Å². The summed E-state index contributed by atoms with van der Waals surface area (Å²) in [4.78, 5) is 14.6. The number of halogens is 2. The molecule has 0 N–H and O–H groups in total. The maximum atomic E-state index is 10.7. The van der Waals surface area contributed by atoms with Gasteiger partial charge in [0, 0.05) is 0 Å². The Balaban J connectivity index is 3.31. The molecule has 1 aromatic rings. The van der Waals surface area contributed by atoms with Gasteiger partial charge in [0.05, 0.1) is 10.7 Å². The van der Waals surface area contributed by atoms with Gasteiger partial charge in [-0.1, -0.05) is 11.6 Å². The van der Waals surface area contributed by atoms with Gasteiger partial charge in [0.1, 0.15) is 5.69 Å². The number of aryl methyl sites for hydroxylation is 2. The van der Waals surface area contributed by atoms with Crippen LogP contribution < -0.4 is 0 Å². The van der Waals surface area contributed by atoms with Crippen LogP contribution in [0.3, 0.4) is 0 Å². The van der Waals surface area contributed by atoms with E-state index in [4.69, 9.17) is 23.2 Å². The first-order valence-corrected chi connectivity index (χ1v) is 4.11. The average molecular weight is 204 g/mol. The van der Waals surface area contributed by atoms with E-state index in [1.165, 1.54) is 0 Å². The van der Waals surface area contributed by atoms with Crippen LogP contribution in [0.15, 0.2) is 6.07 Å². The summed E-state index contributed by atoms with van der Waals surface area (Å²) in [6.07, 6.45) is 0. The van der Waals surface area contributed by atoms with Gasteiger partial charge < -0.3 is 0 Å². The number of pyridine rings is 1. The highest BCUT2D eigenvalue weighted by Crippen LogP contribution is 2.19. The van der Waals surface area contributed by atoms with Crippen molar-refractivity contribution in [1.82, 2.24) is 4.98 Å².